The monoisotopic (exact) mass is 465 g/mol. The second-order valence-corrected chi connectivity index (χ2v) is 8.52. The van der Waals surface area contributed by atoms with Crippen LogP contribution in [-0.4, -0.2) is 37.2 Å². The number of benzene rings is 3. The number of hydrogen-bond acceptors (Lipinski definition) is 3. The molecular formula is C25H26ClN4O3+. The molecule has 2 atom stereocenters. The summed E-state index contributed by atoms with van der Waals surface area (Å²) in [5.41, 5.74) is 0.00180. The lowest BCUT2D eigenvalue weighted by atomic mass is 9.95. The number of urea groups is 1. The molecule has 3 aromatic carbocycles. The molecule has 1 aliphatic rings. The summed E-state index contributed by atoms with van der Waals surface area (Å²) >= 11 is 5.99. The highest BCUT2D eigenvalue weighted by atomic mass is 35.5. The van der Waals surface area contributed by atoms with E-state index in [0.717, 1.165) is 11.4 Å². The van der Waals surface area contributed by atoms with Gasteiger partial charge in [0.2, 0.25) is 0 Å². The molecule has 0 spiro atoms. The summed E-state index contributed by atoms with van der Waals surface area (Å²) in [6.07, 6.45) is 0. The van der Waals surface area contributed by atoms with Crippen molar-refractivity contribution < 1.29 is 19.6 Å². The number of hydrogen-bond donors (Lipinski definition) is 4. The van der Waals surface area contributed by atoms with Crippen LogP contribution in [0.5, 0.6) is 0 Å². The van der Waals surface area contributed by atoms with Gasteiger partial charge in [-0.05, 0) is 30.3 Å². The quantitative estimate of drug-likeness (QED) is 0.432. The first kappa shape index (κ1) is 22.8. The highest BCUT2D eigenvalue weighted by Crippen LogP contribution is 2.39. The molecule has 0 bridgehead atoms. The number of para-hydroxylation sites is 1. The van der Waals surface area contributed by atoms with Crippen molar-refractivity contribution in [3.8, 4) is 0 Å². The van der Waals surface area contributed by atoms with E-state index in [-0.39, 0.29) is 0 Å². The van der Waals surface area contributed by atoms with Crippen LogP contribution in [0, 0.1) is 0 Å². The van der Waals surface area contributed by atoms with Crippen molar-refractivity contribution in [3.63, 3.8) is 0 Å². The summed E-state index contributed by atoms with van der Waals surface area (Å²) in [7, 11) is 2.04. The number of anilines is 2. The summed E-state index contributed by atoms with van der Waals surface area (Å²) < 4.78 is 0. The number of fused-ring (bicyclic) bond motifs is 1. The van der Waals surface area contributed by atoms with Gasteiger partial charge in [-0.3, -0.25) is 9.69 Å². The zero-order chi connectivity index (χ0) is 23.4. The van der Waals surface area contributed by atoms with Gasteiger partial charge in [0.15, 0.2) is 0 Å². The summed E-state index contributed by atoms with van der Waals surface area (Å²) in [4.78, 5) is 28.6. The van der Waals surface area contributed by atoms with Gasteiger partial charge >= 0.3 is 6.03 Å². The van der Waals surface area contributed by atoms with E-state index in [1.54, 1.807) is 48.5 Å². The minimum atomic E-state index is -2.22. The zero-order valence-electron chi connectivity index (χ0n) is 18.2. The van der Waals surface area contributed by atoms with Gasteiger partial charge in [-0.15, -0.1) is 0 Å². The number of nitrogens with one attached hydrogen (secondary N) is 3. The van der Waals surface area contributed by atoms with Crippen molar-refractivity contribution >= 4 is 34.9 Å². The lowest BCUT2D eigenvalue weighted by molar-refractivity contribution is -0.892. The van der Waals surface area contributed by atoms with E-state index < -0.39 is 17.7 Å². The zero-order valence-corrected chi connectivity index (χ0v) is 19.0. The molecule has 4 N–H and O–H groups in total. The highest BCUT2D eigenvalue weighted by molar-refractivity contribution is 6.30. The first-order valence-electron chi connectivity index (χ1n) is 10.7. The molecule has 3 aromatic rings. The molecule has 0 fully saturated rings. The summed E-state index contributed by atoms with van der Waals surface area (Å²) in [5, 5.41) is 17.8. The minimum Gasteiger partial charge on any atom is -0.359 e. The third-order valence-corrected chi connectivity index (χ3v) is 5.91. The Labute approximate surface area is 197 Å². The molecule has 1 heterocycles. The predicted molar refractivity (Wildman–Crippen MR) is 128 cm³/mol. The normalized spacial score (nSPS) is 18.3. The smallest absolute Gasteiger partial charge is 0.329 e. The van der Waals surface area contributed by atoms with Crippen molar-refractivity contribution in [2.45, 2.75) is 12.3 Å². The van der Waals surface area contributed by atoms with E-state index in [1.807, 2.05) is 25.2 Å². The van der Waals surface area contributed by atoms with Crippen LogP contribution >= 0.6 is 11.6 Å². The summed E-state index contributed by atoms with van der Waals surface area (Å²) in [5.74, 6) is -0.674. The molecule has 0 aliphatic carbocycles. The molecule has 0 saturated heterocycles. The maximum Gasteiger partial charge on any atom is 0.329 e. The first-order chi connectivity index (χ1) is 15.9. The first-order valence-corrected chi connectivity index (χ1v) is 11.1. The molecule has 0 saturated carbocycles. The fraction of sp³-hybridized carbons (Fsp3) is 0.200. The highest BCUT2D eigenvalue weighted by Gasteiger charge is 2.51. The van der Waals surface area contributed by atoms with Gasteiger partial charge < -0.3 is 20.6 Å². The maximum absolute atomic E-state index is 13.4. The van der Waals surface area contributed by atoms with Crippen LogP contribution in [-0.2, 0) is 17.1 Å². The van der Waals surface area contributed by atoms with Crippen molar-refractivity contribution in [2.24, 2.45) is 0 Å². The summed E-state index contributed by atoms with van der Waals surface area (Å²) in [6.45, 7) is 1.78. The van der Waals surface area contributed by atoms with Crippen LogP contribution in [0.3, 0.4) is 0 Å². The van der Waals surface area contributed by atoms with Gasteiger partial charge in [-0.25, -0.2) is 4.79 Å². The second kappa shape index (κ2) is 9.62. The molecular weight excluding hydrogens is 440 g/mol. The van der Waals surface area contributed by atoms with Gasteiger partial charge in [-0.2, -0.15) is 0 Å². The van der Waals surface area contributed by atoms with Gasteiger partial charge in [0.05, 0.1) is 25.8 Å². The van der Waals surface area contributed by atoms with Crippen LogP contribution in [0.4, 0.5) is 16.2 Å². The van der Waals surface area contributed by atoms with E-state index in [1.165, 1.54) is 10.5 Å². The minimum absolute atomic E-state index is 0.294. The van der Waals surface area contributed by atoms with Crippen molar-refractivity contribution in [3.05, 3.63) is 95.0 Å². The van der Waals surface area contributed by atoms with Crippen LogP contribution in [0.25, 0.3) is 0 Å². The van der Waals surface area contributed by atoms with Gasteiger partial charge in [0.25, 0.3) is 11.6 Å². The van der Waals surface area contributed by atoms with Crippen LogP contribution in [0.15, 0.2) is 78.9 Å². The Balaban J connectivity index is 1.55. The third kappa shape index (κ3) is 4.71. The Morgan fingerprint density at radius 2 is 1.73 bits per heavy atom. The number of likely N-dealkylation sites (N-methyl/N-ethyl adjacent to an activating group) is 1. The molecule has 0 radical (unpaired) electrons. The Hall–Kier alpha value is -3.39. The fourth-order valence-electron chi connectivity index (χ4n) is 4.00. The maximum atomic E-state index is 13.4. The molecule has 7 nitrogen and oxygen atoms in total. The van der Waals surface area contributed by atoms with Crippen molar-refractivity contribution in [1.29, 1.82) is 0 Å². The lowest BCUT2D eigenvalue weighted by Gasteiger charge is -2.42. The molecule has 4 rings (SSSR count). The Morgan fingerprint density at radius 3 is 2.45 bits per heavy atom. The largest absolute Gasteiger partial charge is 0.359 e. The molecule has 170 valence electrons. The van der Waals surface area contributed by atoms with E-state index >= 15 is 0 Å². The Morgan fingerprint density at radius 1 is 1.06 bits per heavy atom. The van der Waals surface area contributed by atoms with Gasteiger partial charge in [-0.1, -0.05) is 60.1 Å². The third-order valence-electron chi connectivity index (χ3n) is 5.66. The predicted octanol–water partition coefficient (Wildman–Crippen LogP) is 2.37. The second-order valence-electron chi connectivity index (χ2n) is 8.09. The number of halogens is 1. The molecule has 3 amide bonds. The van der Waals surface area contributed by atoms with Gasteiger partial charge in [0, 0.05) is 21.8 Å². The number of carbonyl (C=O) groups is 2. The molecule has 2 unspecified atom stereocenters. The number of aliphatic hydroxyl groups is 1. The van der Waals surface area contributed by atoms with Gasteiger partial charge in [0.1, 0.15) is 6.54 Å². The van der Waals surface area contributed by atoms with E-state index in [2.05, 4.69) is 22.8 Å². The average molecular weight is 466 g/mol. The number of quaternary nitrogens is 1. The average Bonchev–Trinajstić information content (AvgIpc) is 2.81. The number of carbonyl (C=O) groups excluding carboxylic acids is 2. The van der Waals surface area contributed by atoms with E-state index in [4.69, 9.17) is 11.6 Å². The van der Waals surface area contributed by atoms with Crippen LogP contribution in [0.2, 0.25) is 5.02 Å². The Kier molecular flexibility index (Phi) is 6.65. The van der Waals surface area contributed by atoms with Crippen molar-refractivity contribution in [1.82, 2.24) is 5.32 Å². The molecule has 0 aromatic heterocycles. The van der Waals surface area contributed by atoms with Crippen LogP contribution < -0.4 is 20.4 Å². The molecule has 1 aliphatic heterocycles. The van der Waals surface area contributed by atoms with E-state index in [9.17, 15) is 14.7 Å². The topological polar surface area (TPSA) is 86.1 Å². The molecule has 8 heteroatoms. The number of amides is 3. The van der Waals surface area contributed by atoms with Crippen LogP contribution in [0.1, 0.15) is 11.1 Å². The Bertz CT molecular complexity index is 1140. The fourth-order valence-corrected chi connectivity index (χ4v) is 4.12. The SMILES string of the molecule is C[NH+](CCNC(=O)C1(O)c2ccccc2NC(=O)N1c1ccc(Cl)cc1)Cc1ccccc1. The standard InChI is InChI=1S/C25H25ClN4O3/c1-29(17-18-7-3-2-4-8-18)16-15-27-23(31)25(33)21-9-5-6-10-22(21)28-24(32)30(25)20-13-11-19(26)12-14-20/h2-14,33H,15-17H2,1H3,(H,27,31)(H,28,32)/p+1. The summed E-state index contributed by atoms with van der Waals surface area (Å²) in [6, 6.07) is 22.6. The number of rotatable bonds is 7. The molecule has 33 heavy (non-hydrogen) atoms. The van der Waals surface area contributed by atoms with Crippen molar-refractivity contribution in [2.75, 3.05) is 30.4 Å². The number of nitrogens with zero attached hydrogens (tertiary/aromatic N) is 1. The lowest BCUT2D eigenvalue weighted by Crippen LogP contribution is -3.08. The van der Waals surface area contributed by atoms with E-state index in [0.29, 0.717) is 35.1 Å².